The first-order valence-electron chi connectivity index (χ1n) is 14.6. The van der Waals surface area contributed by atoms with Crippen LogP contribution >= 0.6 is 0 Å². The molecule has 0 unspecified atom stereocenters. The van der Waals surface area contributed by atoms with Crippen molar-refractivity contribution in [2.45, 2.75) is 64.8 Å². The number of nitrogens with zero attached hydrogens (tertiary/aromatic N) is 7. The normalized spacial score (nSPS) is 22.2. The van der Waals surface area contributed by atoms with Gasteiger partial charge in [-0.05, 0) is 70.5 Å². The quantitative estimate of drug-likeness (QED) is 0.536. The number of aliphatic hydroxyl groups is 1. The number of aryl methyl sites for hydroxylation is 2. The summed E-state index contributed by atoms with van der Waals surface area (Å²) in [7, 11) is 4.03. The topological polar surface area (TPSA) is 81.0 Å². The third kappa shape index (κ3) is 4.65. The molecule has 1 amide bonds. The summed E-state index contributed by atoms with van der Waals surface area (Å²) in [6.45, 7) is 9.29. The molecule has 2 aromatic carbocycles. The van der Waals surface area contributed by atoms with E-state index in [-0.39, 0.29) is 17.8 Å². The van der Waals surface area contributed by atoms with E-state index in [9.17, 15) is 9.90 Å². The zero-order valence-corrected chi connectivity index (χ0v) is 24.3. The van der Waals surface area contributed by atoms with E-state index in [4.69, 9.17) is 10.1 Å². The Morgan fingerprint density at radius 3 is 2.33 bits per heavy atom. The van der Waals surface area contributed by atoms with Crippen LogP contribution in [0, 0.1) is 13.8 Å². The van der Waals surface area contributed by atoms with Crippen molar-refractivity contribution >= 4 is 17.3 Å². The Labute approximate surface area is 237 Å². The van der Waals surface area contributed by atoms with Crippen LogP contribution < -0.4 is 9.80 Å². The van der Waals surface area contributed by atoms with Gasteiger partial charge in [0.25, 0.3) is 5.91 Å². The third-order valence-electron chi connectivity index (χ3n) is 9.05. The first-order valence-corrected chi connectivity index (χ1v) is 14.6. The number of fused-ring (bicyclic) bond motifs is 1. The molecule has 2 fully saturated rings. The second-order valence-corrected chi connectivity index (χ2v) is 11.9. The van der Waals surface area contributed by atoms with Crippen LogP contribution in [0.5, 0.6) is 0 Å². The van der Waals surface area contributed by atoms with E-state index < -0.39 is 6.23 Å². The lowest BCUT2D eigenvalue weighted by molar-refractivity contribution is 0.0652. The van der Waals surface area contributed by atoms with Crippen LogP contribution in [0.25, 0.3) is 17.1 Å². The summed E-state index contributed by atoms with van der Waals surface area (Å²) < 4.78 is 1.84. The van der Waals surface area contributed by atoms with Gasteiger partial charge in [-0.15, -0.1) is 5.10 Å². The summed E-state index contributed by atoms with van der Waals surface area (Å²) in [6.07, 6.45) is 4.12. The Balaban J connectivity index is 1.47. The van der Waals surface area contributed by atoms with Crippen LogP contribution in [0.3, 0.4) is 0 Å². The molecule has 1 aliphatic carbocycles. The minimum Gasteiger partial charge on any atom is -0.371 e. The fourth-order valence-electron chi connectivity index (χ4n) is 6.66. The van der Waals surface area contributed by atoms with Gasteiger partial charge in [0.2, 0.25) is 5.82 Å². The standard InChI is InChI=1S/C31H41N7O2/c1-20-10-12-25(21(2)18-20)38-29(32-28(33-38)31(40)36-16-14-34(4)15-17-36)23-11-13-26-27(19-23)37(24-8-6-7-9-24)22(3)30(39)35(26)5/h10-13,18-19,22,24,30,39H,6-9,14-17H2,1-5H3/t22-,30+/m1/s1. The summed E-state index contributed by atoms with van der Waals surface area (Å²) in [4.78, 5) is 27.0. The van der Waals surface area contributed by atoms with Crippen LogP contribution in [-0.2, 0) is 0 Å². The summed E-state index contributed by atoms with van der Waals surface area (Å²) >= 11 is 0. The largest absolute Gasteiger partial charge is 0.371 e. The van der Waals surface area contributed by atoms with Crippen LogP contribution in [0.2, 0.25) is 0 Å². The Morgan fingerprint density at radius 1 is 0.925 bits per heavy atom. The minimum absolute atomic E-state index is 0.0394. The van der Waals surface area contributed by atoms with Gasteiger partial charge in [0.05, 0.1) is 23.1 Å². The molecule has 1 saturated carbocycles. The van der Waals surface area contributed by atoms with Crippen molar-refractivity contribution < 1.29 is 9.90 Å². The maximum absolute atomic E-state index is 13.6. The lowest BCUT2D eigenvalue weighted by atomic mass is 10.0. The van der Waals surface area contributed by atoms with Crippen molar-refractivity contribution in [3.8, 4) is 17.1 Å². The maximum Gasteiger partial charge on any atom is 0.293 e. The lowest BCUT2D eigenvalue weighted by Crippen LogP contribution is -2.56. The predicted molar refractivity (Wildman–Crippen MR) is 158 cm³/mol. The fourth-order valence-corrected chi connectivity index (χ4v) is 6.66. The van der Waals surface area contributed by atoms with E-state index in [2.05, 4.69) is 68.0 Å². The van der Waals surface area contributed by atoms with Gasteiger partial charge in [-0.1, -0.05) is 30.5 Å². The molecule has 6 rings (SSSR count). The average Bonchev–Trinajstić information content (AvgIpc) is 3.63. The molecule has 40 heavy (non-hydrogen) atoms. The van der Waals surface area contributed by atoms with E-state index >= 15 is 0 Å². The van der Waals surface area contributed by atoms with E-state index in [1.54, 1.807) is 0 Å². The van der Waals surface area contributed by atoms with Crippen LogP contribution in [0.4, 0.5) is 11.4 Å². The van der Waals surface area contributed by atoms with E-state index in [0.29, 0.717) is 25.0 Å². The molecule has 1 aromatic heterocycles. The molecule has 3 heterocycles. The molecule has 9 nitrogen and oxygen atoms in total. The van der Waals surface area contributed by atoms with Crippen molar-refractivity contribution in [1.29, 1.82) is 0 Å². The number of benzene rings is 2. The number of amides is 1. The zero-order chi connectivity index (χ0) is 28.1. The van der Waals surface area contributed by atoms with Crippen LogP contribution in [-0.4, -0.2) is 94.2 Å². The number of aromatic nitrogens is 3. The average molecular weight is 544 g/mol. The number of hydrogen-bond donors (Lipinski definition) is 1. The first-order chi connectivity index (χ1) is 19.2. The van der Waals surface area contributed by atoms with E-state index in [1.165, 1.54) is 18.4 Å². The molecule has 2 atom stereocenters. The number of anilines is 2. The summed E-state index contributed by atoms with van der Waals surface area (Å²) in [5, 5.41) is 15.9. The second-order valence-electron chi connectivity index (χ2n) is 11.9. The van der Waals surface area contributed by atoms with Gasteiger partial charge < -0.3 is 24.7 Å². The Hall–Kier alpha value is -3.43. The molecule has 2 aliphatic heterocycles. The number of rotatable bonds is 4. The Morgan fingerprint density at radius 2 is 1.62 bits per heavy atom. The van der Waals surface area contributed by atoms with Gasteiger partial charge in [0.15, 0.2) is 5.82 Å². The van der Waals surface area contributed by atoms with Crippen molar-refractivity contribution in [2.24, 2.45) is 0 Å². The lowest BCUT2D eigenvalue weighted by Gasteiger charge is -2.48. The number of aliphatic hydroxyl groups excluding tert-OH is 1. The summed E-state index contributed by atoms with van der Waals surface area (Å²) in [5.74, 6) is 0.755. The van der Waals surface area contributed by atoms with Crippen molar-refractivity contribution in [2.75, 3.05) is 50.1 Å². The molecule has 0 bridgehead atoms. The third-order valence-corrected chi connectivity index (χ3v) is 9.05. The Bertz CT molecular complexity index is 1400. The molecule has 1 saturated heterocycles. The predicted octanol–water partition coefficient (Wildman–Crippen LogP) is 3.84. The first kappa shape index (κ1) is 26.8. The summed E-state index contributed by atoms with van der Waals surface area (Å²) in [6, 6.07) is 12.9. The molecule has 3 aromatic rings. The van der Waals surface area contributed by atoms with Gasteiger partial charge in [0.1, 0.15) is 6.23 Å². The summed E-state index contributed by atoms with van der Waals surface area (Å²) in [5.41, 5.74) is 6.18. The number of hydrogen-bond acceptors (Lipinski definition) is 7. The monoisotopic (exact) mass is 543 g/mol. The second kappa shape index (κ2) is 10.5. The molecule has 0 radical (unpaired) electrons. The Kier molecular flexibility index (Phi) is 7.04. The van der Waals surface area contributed by atoms with Crippen LogP contribution in [0.15, 0.2) is 36.4 Å². The van der Waals surface area contributed by atoms with Gasteiger partial charge in [-0.2, -0.15) is 0 Å². The maximum atomic E-state index is 13.6. The smallest absolute Gasteiger partial charge is 0.293 e. The fraction of sp³-hybridized carbons (Fsp3) is 0.516. The highest BCUT2D eigenvalue weighted by atomic mass is 16.3. The van der Waals surface area contributed by atoms with Gasteiger partial charge in [0, 0.05) is 44.8 Å². The molecule has 0 spiro atoms. The molecule has 3 aliphatic rings. The van der Waals surface area contributed by atoms with Gasteiger partial charge in [-0.3, -0.25) is 4.79 Å². The molecular formula is C31H41N7O2. The van der Waals surface area contributed by atoms with Crippen LogP contribution in [0.1, 0.15) is 54.4 Å². The number of likely N-dealkylation sites (N-methyl/N-ethyl adjacent to an activating group) is 2. The van der Waals surface area contributed by atoms with Crippen molar-refractivity contribution in [3.63, 3.8) is 0 Å². The highest BCUT2D eigenvalue weighted by molar-refractivity contribution is 5.91. The van der Waals surface area contributed by atoms with Crippen molar-refractivity contribution in [1.82, 2.24) is 24.6 Å². The number of carbonyl (C=O) groups is 1. The van der Waals surface area contributed by atoms with Gasteiger partial charge in [-0.25, -0.2) is 9.67 Å². The highest BCUT2D eigenvalue weighted by Crippen LogP contribution is 2.43. The SMILES string of the molecule is Cc1ccc(-n2nc(C(=O)N3CCN(C)CC3)nc2-c2ccc3c(c2)N(C2CCCC2)[C@H](C)[C@H](O)N3C)c(C)c1. The molecule has 212 valence electrons. The number of carbonyl (C=O) groups excluding carboxylic acids is 1. The zero-order valence-electron chi connectivity index (χ0n) is 24.3. The van der Waals surface area contributed by atoms with Crippen molar-refractivity contribution in [3.05, 3.63) is 53.3 Å². The molecular weight excluding hydrogens is 502 g/mol. The highest BCUT2D eigenvalue weighted by Gasteiger charge is 2.38. The van der Waals surface area contributed by atoms with Gasteiger partial charge >= 0.3 is 0 Å². The minimum atomic E-state index is -0.578. The van der Waals surface area contributed by atoms with E-state index in [1.807, 2.05) is 27.6 Å². The van der Waals surface area contributed by atoms with E-state index in [0.717, 1.165) is 54.1 Å². The number of piperazine rings is 1. The molecule has 9 heteroatoms. The molecule has 1 N–H and O–H groups in total.